The molecule has 1 aromatic heterocycles. The molecule has 0 spiro atoms. The van der Waals surface area contributed by atoms with Crippen molar-refractivity contribution in [1.29, 1.82) is 0 Å². The van der Waals surface area contributed by atoms with Gasteiger partial charge in [0, 0.05) is 6.20 Å². The Morgan fingerprint density at radius 3 is 2.14 bits per heavy atom. The second-order valence-electron chi connectivity index (χ2n) is 5.05. The maximum Gasteiger partial charge on any atom is 0.0852 e. The van der Waals surface area contributed by atoms with Crippen LogP contribution >= 0.6 is 0 Å². The van der Waals surface area contributed by atoms with Crippen molar-refractivity contribution >= 4 is 0 Å². The lowest BCUT2D eigenvalue weighted by Gasteiger charge is -2.28. The molecule has 0 aliphatic heterocycles. The summed E-state index contributed by atoms with van der Waals surface area (Å²) >= 11 is 0. The highest BCUT2D eigenvalue weighted by Crippen LogP contribution is 2.24. The van der Waals surface area contributed by atoms with E-state index in [0.717, 1.165) is 5.69 Å². The van der Waals surface area contributed by atoms with Gasteiger partial charge in [0.25, 0.3) is 0 Å². The monoisotopic (exact) mass is 195 g/mol. The fourth-order valence-electron chi connectivity index (χ4n) is 1.09. The molecule has 1 rings (SSSR count). The van der Waals surface area contributed by atoms with Crippen molar-refractivity contribution < 1.29 is 0 Å². The van der Waals surface area contributed by atoms with E-state index in [1.54, 1.807) is 0 Å². The largest absolute Gasteiger partial charge is 0.246 e. The van der Waals surface area contributed by atoms with Crippen molar-refractivity contribution in [2.45, 2.75) is 53.0 Å². The van der Waals surface area contributed by atoms with E-state index in [0.29, 0.717) is 11.8 Å². The molecule has 0 aromatic carbocycles. The van der Waals surface area contributed by atoms with Gasteiger partial charge in [-0.05, 0) is 25.7 Å². The van der Waals surface area contributed by atoms with Crippen molar-refractivity contribution in [2.24, 2.45) is 5.92 Å². The molecule has 1 aromatic rings. The van der Waals surface area contributed by atoms with E-state index in [1.165, 1.54) is 0 Å². The van der Waals surface area contributed by atoms with Crippen LogP contribution in [0.4, 0.5) is 0 Å². The zero-order chi connectivity index (χ0) is 10.9. The summed E-state index contributed by atoms with van der Waals surface area (Å²) in [5.74, 6) is 0.996. The molecule has 0 radical (unpaired) electrons. The summed E-state index contributed by atoms with van der Waals surface area (Å²) in [6, 6.07) is 0. The quantitative estimate of drug-likeness (QED) is 0.742. The van der Waals surface area contributed by atoms with E-state index >= 15 is 0 Å². The molecule has 0 saturated carbocycles. The number of rotatable bonds is 3. The Morgan fingerprint density at radius 2 is 1.79 bits per heavy atom. The van der Waals surface area contributed by atoms with Crippen molar-refractivity contribution in [3.05, 3.63) is 11.9 Å². The Kier molecular flexibility index (Phi) is 2.98. The first-order valence-electron chi connectivity index (χ1n) is 5.28. The summed E-state index contributed by atoms with van der Waals surface area (Å²) in [6.45, 7) is 13.1. The van der Waals surface area contributed by atoms with Gasteiger partial charge >= 0.3 is 0 Å². The fourth-order valence-corrected chi connectivity index (χ4v) is 1.09. The lowest BCUT2D eigenvalue weighted by atomic mass is 9.91. The van der Waals surface area contributed by atoms with Gasteiger partial charge in [0.15, 0.2) is 0 Å². The van der Waals surface area contributed by atoms with Crippen LogP contribution in [0.25, 0.3) is 0 Å². The molecule has 0 bridgehead atoms. The van der Waals surface area contributed by atoms with Crippen LogP contribution in [0.3, 0.4) is 0 Å². The molecule has 80 valence electrons. The molecule has 3 nitrogen and oxygen atoms in total. The van der Waals surface area contributed by atoms with Crippen LogP contribution < -0.4 is 0 Å². The highest BCUT2D eigenvalue weighted by Gasteiger charge is 2.26. The molecule has 0 fully saturated rings. The van der Waals surface area contributed by atoms with Gasteiger partial charge in [0.1, 0.15) is 0 Å². The van der Waals surface area contributed by atoms with Gasteiger partial charge in [0.2, 0.25) is 0 Å². The van der Waals surface area contributed by atoms with E-state index in [2.05, 4.69) is 58.1 Å². The molecule has 0 aliphatic rings. The van der Waals surface area contributed by atoms with Crippen molar-refractivity contribution in [3.8, 4) is 0 Å². The Balaban J connectivity index is 2.97. The van der Waals surface area contributed by atoms with Crippen LogP contribution in [-0.2, 0) is 5.54 Å². The SMILES string of the molecule is CC(C)c1cn(C(C)(C)C(C)C)nn1. The van der Waals surface area contributed by atoms with Gasteiger partial charge < -0.3 is 0 Å². The summed E-state index contributed by atoms with van der Waals surface area (Å²) in [4.78, 5) is 0. The molecule has 0 aliphatic carbocycles. The summed E-state index contributed by atoms with van der Waals surface area (Å²) in [5, 5.41) is 8.37. The Bertz CT molecular complexity index is 297. The molecule has 0 atom stereocenters. The van der Waals surface area contributed by atoms with Gasteiger partial charge in [-0.25, -0.2) is 4.68 Å². The molecular weight excluding hydrogens is 174 g/mol. The van der Waals surface area contributed by atoms with Crippen LogP contribution in [-0.4, -0.2) is 15.0 Å². The van der Waals surface area contributed by atoms with Crippen LogP contribution in [0.2, 0.25) is 0 Å². The Hall–Kier alpha value is -0.860. The standard InChI is InChI=1S/C11H21N3/c1-8(2)10-7-14(13-12-10)11(5,6)9(3)4/h7-9H,1-6H3. The maximum absolute atomic E-state index is 4.20. The summed E-state index contributed by atoms with van der Waals surface area (Å²) in [7, 11) is 0. The molecule has 0 amide bonds. The van der Waals surface area contributed by atoms with E-state index in [9.17, 15) is 0 Å². The molecule has 1 heterocycles. The number of hydrogen-bond donors (Lipinski definition) is 0. The van der Waals surface area contributed by atoms with Gasteiger partial charge in [-0.3, -0.25) is 0 Å². The molecule has 0 unspecified atom stereocenters. The minimum Gasteiger partial charge on any atom is -0.246 e. The van der Waals surface area contributed by atoms with Gasteiger partial charge in [-0.1, -0.05) is 32.9 Å². The predicted octanol–water partition coefficient (Wildman–Crippen LogP) is 2.79. The third-order valence-corrected chi connectivity index (χ3v) is 3.11. The Morgan fingerprint density at radius 1 is 1.21 bits per heavy atom. The summed E-state index contributed by atoms with van der Waals surface area (Å²) in [6.07, 6.45) is 2.06. The minimum absolute atomic E-state index is 0.0418. The average Bonchev–Trinajstić information content (AvgIpc) is 2.51. The highest BCUT2D eigenvalue weighted by atomic mass is 15.4. The molecule has 0 saturated heterocycles. The second kappa shape index (κ2) is 3.71. The van der Waals surface area contributed by atoms with Crippen molar-refractivity contribution in [2.75, 3.05) is 0 Å². The number of hydrogen-bond acceptors (Lipinski definition) is 2. The molecule has 14 heavy (non-hydrogen) atoms. The first-order chi connectivity index (χ1) is 6.35. The van der Waals surface area contributed by atoms with Crippen LogP contribution in [0.15, 0.2) is 6.20 Å². The first kappa shape index (κ1) is 11.2. The summed E-state index contributed by atoms with van der Waals surface area (Å²) < 4.78 is 1.98. The topological polar surface area (TPSA) is 30.7 Å². The van der Waals surface area contributed by atoms with Gasteiger partial charge in [-0.15, -0.1) is 5.10 Å². The lowest BCUT2D eigenvalue weighted by Crippen LogP contribution is -2.32. The fraction of sp³-hybridized carbons (Fsp3) is 0.818. The zero-order valence-electron chi connectivity index (χ0n) is 10.1. The zero-order valence-corrected chi connectivity index (χ0v) is 10.1. The highest BCUT2D eigenvalue weighted by molar-refractivity contribution is 5.00. The van der Waals surface area contributed by atoms with Crippen LogP contribution in [0.1, 0.15) is 53.2 Å². The normalized spacial score (nSPS) is 12.9. The first-order valence-corrected chi connectivity index (χ1v) is 5.28. The minimum atomic E-state index is 0.0418. The lowest BCUT2D eigenvalue weighted by molar-refractivity contribution is 0.221. The molecular formula is C11H21N3. The number of nitrogens with zero attached hydrogens (tertiary/aromatic N) is 3. The van der Waals surface area contributed by atoms with Gasteiger partial charge in [-0.2, -0.15) is 0 Å². The van der Waals surface area contributed by atoms with Crippen molar-refractivity contribution in [1.82, 2.24) is 15.0 Å². The third-order valence-electron chi connectivity index (χ3n) is 3.11. The van der Waals surface area contributed by atoms with E-state index in [1.807, 2.05) is 4.68 Å². The summed E-state index contributed by atoms with van der Waals surface area (Å²) in [5.41, 5.74) is 1.11. The van der Waals surface area contributed by atoms with Crippen LogP contribution in [0.5, 0.6) is 0 Å². The Labute approximate surface area is 86.5 Å². The van der Waals surface area contributed by atoms with E-state index < -0.39 is 0 Å². The van der Waals surface area contributed by atoms with Crippen molar-refractivity contribution in [3.63, 3.8) is 0 Å². The second-order valence-corrected chi connectivity index (χ2v) is 5.05. The average molecular weight is 195 g/mol. The van der Waals surface area contributed by atoms with E-state index in [-0.39, 0.29) is 5.54 Å². The maximum atomic E-state index is 4.20. The third kappa shape index (κ3) is 1.97. The van der Waals surface area contributed by atoms with E-state index in [4.69, 9.17) is 0 Å². The molecule has 3 heteroatoms. The van der Waals surface area contributed by atoms with Gasteiger partial charge in [0.05, 0.1) is 11.2 Å². The number of aromatic nitrogens is 3. The predicted molar refractivity (Wildman–Crippen MR) is 58.3 cm³/mol. The molecule has 0 N–H and O–H groups in total. The smallest absolute Gasteiger partial charge is 0.0852 e. The van der Waals surface area contributed by atoms with Crippen LogP contribution in [0, 0.1) is 5.92 Å².